The Balaban J connectivity index is 0.00000145. The monoisotopic (exact) mass is 391 g/mol. The van der Waals surface area contributed by atoms with E-state index in [9.17, 15) is 15.2 Å². The van der Waals surface area contributed by atoms with Gasteiger partial charge in [-0.2, -0.15) is 0 Å². The van der Waals surface area contributed by atoms with Crippen molar-refractivity contribution in [3.05, 3.63) is 106 Å². The number of rotatable bonds is 6. The third-order valence-electron chi connectivity index (χ3n) is 4.31. The van der Waals surface area contributed by atoms with Crippen molar-refractivity contribution in [3.8, 4) is 0 Å². The lowest BCUT2D eigenvalue weighted by atomic mass is 10.0. The van der Waals surface area contributed by atoms with Gasteiger partial charge >= 0.3 is 0 Å². The summed E-state index contributed by atoms with van der Waals surface area (Å²) in [5.41, 5.74) is 3.16. The van der Waals surface area contributed by atoms with Gasteiger partial charge in [-0.15, -0.1) is 0 Å². The van der Waals surface area contributed by atoms with Crippen molar-refractivity contribution >= 4 is 22.2 Å². The summed E-state index contributed by atoms with van der Waals surface area (Å²) in [5, 5.41) is 22.1. The summed E-state index contributed by atoms with van der Waals surface area (Å²) in [7, 11) is 0. The Morgan fingerprint density at radius 2 is 1.83 bits per heavy atom. The van der Waals surface area contributed by atoms with Crippen LogP contribution in [0.25, 0.3) is 16.5 Å². The maximum absolute atomic E-state index is 10.9. The van der Waals surface area contributed by atoms with Crippen LogP contribution in [0.15, 0.2) is 89.4 Å². The molecular weight excluding hydrogens is 366 g/mol. The van der Waals surface area contributed by atoms with Gasteiger partial charge in [-0.05, 0) is 35.8 Å². The first kappa shape index (κ1) is 21.9. The van der Waals surface area contributed by atoms with Crippen LogP contribution in [0.5, 0.6) is 0 Å². The molecule has 0 aliphatic rings. The maximum Gasteiger partial charge on any atom is 0.270 e. The maximum atomic E-state index is 10.9. The molecule has 0 fully saturated rings. The highest BCUT2D eigenvalue weighted by atomic mass is 16.6. The second kappa shape index (κ2) is 10.2. The van der Waals surface area contributed by atoms with Crippen LogP contribution in [0.2, 0.25) is 0 Å². The smallest absolute Gasteiger partial charge is 0.270 e. The number of furan rings is 1. The number of non-ortho nitro benzene ring substituents is 1. The number of fused-ring (bicyclic) bond motifs is 1. The van der Waals surface area contributed by atoms with E-state index >= 15 is 0 Å². The van der Waals surface area contributed by atoms with Gasteiger partial charge in [0.05, 0.1) is 4.92 Å². The van der Waals surface area contributed by atoms with Gasteiger partial charge in [0.2, 0.25) is 0 Å². The van der Waals surface area contributed by atoms with E-state index in [4.69, 9.17) is 4.42 Å². The number of benzene rings is 2. The minimum absolute atomic E-state index is 0.0229. The predicted molar refractivity (Wildman–Crippen MR) is 118 cm³/mol. The van der Waals surface area contributed by atoms with Gasteiger partial charge in [-0.25, -0.2) is 0 Å². The fraction of sp³-hybridized carbons (Fsp3) is 0.167. The summed E-state index contributed by atoms with van der Waals surface area (Å²) in [5.74, 6) is 0.308. The molecule has 0 radical (unpaired) electrons. The lowest BCUT2D eigenvalue weighted by molar-refractivity contribution is -0.384. The number of aliphatic hydroxyl groups is 1. The number of nitro benzene ring substituents is 1. The summed E-state index contributed by atoms with van der Waals surface area (Å²) >= 11 is 0. The number of aliphatic hydroxyl groups excluding tert-OH is 1. The first-order valence-electron chi connectivity index (χ1n) is 9.42. The lowest BCUT2D eigenvalue weighted by Gasteiger charge is -2.08. The standard InChI is InChI=1S/C22H19NO4.C2H6/c1-3-16(10-9-15(2)17-7-5-4-6-8-17)22(24)21-14-18-13-19(23(25)26)11-12-20(18)27-21;1-2/h3-14,22,24H,1H2,2H3;1-2H3/b15-9+,16-10+;. The largest absolute Gasteiger partial charge is 0.458 e. The van der Waals surface area contributed by atoms with Crippen molar-refractivity contribution in [3.63, 3.8) is 0 Å². The van der Waals surface area contributed by atoms with Crippen molar-refractivity contribution in [2.24, 2.45) is 0 Å². The quantitative estimate of drug-likeness (QED) is 0.291. The molecule has 5 heteroatoms. The average Bonchev–Trinajstić information content (AvgIpc) is 3.19. The molecule has 0 saturated heterocycles. The Morgan fingerprint density at radius 1 is 1.14 bits per heavy atom. The van der Waals surface area contributed by atoms with E-state index in [1.165, 1.54) is 18.2 Å². The number of nitro groups is 1. The van der Waals surface area contributed by atoms with Crippen molar-refractivity contribution in [1.82, 2.24) is 0 Å². The molecule has 0 aliphatic heterocycles. The van der Waals surface area contributed by atoms with Crippen molar-refractivity contribution in [2.45, 2.75) is 26.9 Å². The zero-order chi connectivity index (χ0) is 21.4. The summed E-state index contributed by atoms with van der Waals surface area (Å²) in [6, 6.07) is 15.8. The molecule has 0 amide bonds. The van der Waals surface area contributed by atoms with Gasteiger partial charge in [-0.3, -0.25) is 10.1 Å². The van der Waals surface area contributed by atoms with Gasteiger partial charge in [0, 0.05) is 17.5 Å². The molecule has 0 spiro atoms. The summed E-state index contributed by atoms with van der Waals surface area (Å²) in [6.45, 7) is 9.75. The van der Waals surface area contributed by atoms with Crippen molar-refractivity contribution < 1.29 is 14.4 Å². The molecule has 1 atom stereocenters. The molecule has 150 valence electrons. The molecule has 2 aromatic carbocycles. The van der Waals surface area contributed by atoms with Crippen molar-refractivity contribution in [1.29, 1.82) is 0 Å². The molecule has 1 aromatic heterocycles. The van der Waals surface area contributed by atoms with E-state index in [1.807, 2.05) is 57.2 Å². The Hall–Kier alpha value is -3.44. The van der Waals surface area contributed by atoms with E-state index in [0.29, 0.717) is 22.3 Å². The molecule has 3 rings (SSSR count). The fourth-order valence-corrected chi connectivity index (χ4v) is 2.75. The second-order valence-corrected chi connectivity index (χ2v) is 6.12. The molecular formula is C24H25NO4. The Kier molecular flexibility index (Phi) is 7.69. The number of hydrogen-bond donors (Lipinski definition) is 1. The zero-order valence-electron chi connectivity index (χ0n) is 16.8. The highest BCUT2D eigenvalue weighted by molar-refractivity contribution is 5.80. The van der Waals surface area contributed by atoms with E-state index in [1.54, 1.807) is 18.2 Å². The third-order valence-corrected chi connectivity index (χ3v) is 4.31. The van der Waals surface area contributed by atoms with Crippen LogP contribution in [0, 0.1) is 10.1 Å². The first-order chi connectivity index (χ1) is 14.0. The van der Waals surface area contributed by atoms with Gasteiger partial charge in [0.15, 0.2) is 0 Å². The van der Waals surface area contributed by atoms with E-state index in [2.05, 4.69) is 6.58 Å². The number of hydrogen-bond acceptors (Lipinski definition) is 4. The molecule has 5 nitrogen and oxygen atoms in total. The number of allylic oxidation sites excluding steroid dienone is 3. The Morgan fingerprint density at radius 3 is 2.45 bits per heavy atom. The molecule has 0 saturated carbocycles. The van der Waals surface area contributed by atoms with E-state index < -0.39 is 11.0 Å². The zero-order valence-corrected chi connectivity index (χ0v) is 16.8. The minimum Gasteiger partial charge on any atom is -0.458 e. The summed E-state index contributed by atoms with van der Waals surface area (Å²) in [4.78, 5) is 10.4. The highest BCUT2D eigenvalue weighted by Crippen LogP contribution is 2.31. The van der Waals surface area contributed by atoms with Gasteiger partial charge < -0.3 is 9.52 Å². The topological polar surface area (TPSA) is 76.5 Å². The van der Waals surface area contributed by atoms with Gasteiger partial charge in [0.1, 0.15) is 17.4 Å². The molecule has 0 aliphatic carbocycles. The Bertz CT molecular complexity index is 1050. The fourth-order valence-electron chi connectivity index (χ4n) is 2.75. The third kappa shape index (κ3) is 5.30. The Labute approximate surface area is 170 Å². The van der Waals surface area contributed by atoms with Crippen LogP contribution in [-0.4, -0.2) is 10.0 Å². The second-order valence-electron chi connectivity index (χ2n) is 6.12. The van der Waals surface area contributed by atoms with Crippen LogP contribution >= 0.6 is 0 Å². The molecule has 1 heterocycles. The van der Waals surface area contributed by atoms with Gasteiger partial charge in [-0.1, -0.05) is 69.0 Å². The van der Waals surface area contributed by atoms with Crippen LogP contribution < -0.4 is 0 Å². The normalized spacial score (nSPS) is 12.8. The highest BCUT2D eigenvalue weighted by Gasteiger charge is 2.17. The van der Waals surface area contributed by atoms with Crippen molar-refractivity contribution in [2.75, 3.05) is 0 Å². The molecule has 1 N–H and O–H groups in total. The van der Waals surface area contributed by atoms with Crippen LogP contribution in [0.4, 0.5) is 5.69 Å². The average molecular weight is 391 g/mol. The lowest BCUT2D eigenvalue weighted by Crippen LogP contribution is -1.97. The molecule has 0 bridgehead atoms. The SMILES string of the molecule is C=C/C(=C\C=C(/C)c1ccccc1)C(O)c1cc2cc([N+](=O)[O-])ccc2o1.CC. The van der Waals surface area contributed by atoms with Gasteiger partial charge in [0.25, 0.3) is 5.69 Å². The minimum atomic E-state index is -1.02. The van der Waals surface area contributed by atoms with Crippen LogP contribution in [0.1, 0.15) is 38.2 Å². The van der Waals surface area contributed by atoms with Crippen LogP contribution in [-0.2, 0) is 0 Å². The van der Waals surface area contributed by atoms with Crippen LogP contribution in [0.3, 0.4) is 0 Å². The summed E-state index contributed by atoms with van der Waals surface area (Å²) in [6.07, 6.45) is 4.24. The summed E-state index contributed by atoms with van der Waals surface area (Å²) < 4.78 is 5.66. The molecule has 1 unspecified atom stereocenters. The number of nitrogens with zero attached hydrogens (tertiary/aromatic N) is 1. The van der Waals surface area contributed by atoms with E-state index in [-0.39, 0.29) is 5.69 Å². The molecule has 29 heavy (non-hydrogen) atoms. The van der Waals surface area contributed by atoms with E-state index in [0.717, 1.165) is 11.1 Å². The predicted octanol–water partition coefficient (Wildman–Crippen LogP) is 6.62. The first-order valence-corrected chi connectivity index (χ1v) is 9.42. The molecule has 3 aromatic rings.